The summed E-state index contributed by atoms with van der Waals surface area (Å²) in [5.41, 5.74) is 3.32. The minimum Gasteiger partial charge on any atom is -0.497 e. The first-order valence-corrected chi connectivity index (χ1v) is 6.96. The van der Waals surface area contributed by atoms with E-state index in [1.54, 1.807) is 13.2 Å². The van der Waals surface area contributed by atoms with Gasteiger partial charge in [-0.25, -0.2) is 4.39 Å². The first kappa shape index (κ1) is 13.9. The molecule has 0 spiro atoms. The summed E-state index contributed by atoms with van der Waals surface area (Å²) in [5.74, 6) is 0.789. The number of rotatable bonds is 3. The monoisotopic (exact) mass is 287 g/mol. The second kappa shape index (κ2) is 5.74. The lowest BCUT2D eigenvalue weighted by atomic mass is 9.89. The molecule has 0 bridgehead atoms. The molecule has 1 aliphatic heterocycles. The fraction of sp³-hybridized carbons (Fsp3) is 0.294. The van der Waals surface area contributed by atoms with Crippen molar-refractivity contribution in [3.63, 3.8) is 0 Å². The van der Waals surface area contributed by atoms with E-state index in [0.29, 0.717) is 0 Å². The molecule has 1 unspecified atom stereocenters. The lowest BCUT2D eigenvalue weighted by molar-refractivity contribution is 0.385. The highest BCUT2D eigenvalue weighted by Gasteiger charge is 2.22. The van der Waals surface area contributed by atoms with Crippen molar-refractivity contribution in [1.82, 2.24) is 5.32 Å². The standard InChI is InChI=1S/C17H18FNO2/c1-20-13-4-5-14-11(9-13)7-8-19-17(14)12-3-6-16(21-2)15(18)10-12/h3-6,9-10,17,19H,7-8H2,1-2H3. The Hall–Kier alpha value is -2.07. The molecule has 4 heteroatoms. The van der Waals surface area contributed by atoms with Crippen LogP contribution in [0.15, 0.2) is 36.4 Å². The van der Waals surface area contributed by atoms with Crippen LogP contribution < -0.4 is 14.8 Å². The van der Waals surface area contributed by atoms with E-state index in [2.05, 4.69) is 11.4 Å². The average Bonchev–Trinajstić information content (AvgIpc) is 2.53. The minimum atomic E-state index is -0.336. The van der Waals surface area contributed by atoms with Crippen LogP contribution in [0.2, 0.25) is 0 Å². The van der Waals surface area contributed by atoms with Crippen LogP contribution in [0.1, 0.15) is 22.7 Å². The molecule has 0 radical (unpaired) electrons. The van der Waals surface area contributed by atoms with Gasteiger partial charge in [0.1, 0.15) is 5.75 Å². The van der Waals surface area contributed by atoms with Crippen LogP contribution in [-0.4, -0.2) is 20.8 Å². The Labute approximate surface area is 123 Å². The molecule has 1 aliphatic rings. The predicted molar refractivity (Wildman–Crippen MR) is 79.5 cm³/mol. The predicted octanol–water partition coefficient (Wildman–Crippen LogP) is 3.08. The summed E-state index contributed by atoms with van der Waals surface area (Å²) in [6.07, 6.45) is 0.946. The number of benzene rings is 2. The molecular weight excluding hydrogens is 269 g/mol. The van der Waals surface area contributed by atoms with Gasteiger partial charge in [-0.1, -0.05) is 12.1 Å². The van der Waals surface area contributed by atoms with Crippen LogP contribution in [0.25, 0.3) is 0 Å². The number of nitrogens with one attached hydrogen (secondary N) is 1. The molecule has 0 saturated carbocycles. The largest absolute Gasteiger partial charge is 0.497 e. The minimum absolute atomic E-state index is 0.0000576. The van der Waals surface area contributed by atoms with E-state index in [1.165, 1.54) is 24.3 Å². The van der Waals surface area contributed by atoms with Crippen molar-refractivity contribution in [2.45, 2.75) is 12.5 Å². The first-order valence-electron chi connectivity index (χ1n) is 6.96. The van der Waals surface area contributed by atoms with E-state index >= 15 is 0 Å². The normalized spacial score (nSPS) is 17.2. The van der Waals surface area contributed by atoms with Crippen molar-refractivity contribution in [3.8, 4) is 11.5 Å². The zero-order chi connectivity index (χ0) is 14.8. The maximum absolute atomic E-state index is 13.9. The quantitative estimate of drug-likeness (QED) is 0.941. The van der Waals surface area contributed by atoms with E-state index in [9.17, 15) is 4.39 Å². The highest BCUT2D eigenvalue weighted by Crippen LogP contribution is 2.32. The second-order valence-electron chi connectivity index (χ2n) is 5.10. The van der Waals surface area contributed by atoms with Crippen LogP contribution in [-0.2, 0) is 6.42 Å². The SMILES string of the molecule is COc1ccc2c(c1)CCNC2c1ccc(OC)c(F)c1. The van der Waals surface area contributed by atoms with Gasteiger partial charge in [0.15, 0.2) is 11.6 Å². The van der Waals surface area contributed by atoms with Crippen molar-refractivity contribution < 1.29 is 13.9 Å². The van der Waals surface area contributed by atoms with Crippen molar-refractivity contribution in [1.29, 1.82) is 0 Å². The van der Waals surface area contributed by atoms with Crippen LogP contribution in [0.4, 0.5) is 4.39 Å². The number of fused-ring (bicyclic) bond motifs is 1. The molecule has 110 valence electrons. The van der Waals surface area contributed by atoms with Gasteiger partial charge in [0.2, 0.25) is 0 Å². The lowest BCUT2D eigenvalue weighted by Gasteiger charge is -2.28. The van der Waals surface area contributed by atoms with Crippen molar-refractivity contribution >= 4 is 0 Å². The maximum Gasteiger partial charge on any atom is 0.165 e. The fourth-order valence-electron chi connectivity index (χ4n) is 2.83. The molecule has 3 rings (SSSR count). The van der Waals surface area contributed by atoms with Crippen molar-refractivity contribution in [3.05, 3.63) is 58.9 Å². The van der Waals surface area contributed by atoms with Crippen LogP contribution in [0.3, 0.4) is 0 Å². The third kappa shape index (κ3) is 2.59. The average molecular weight is 287 g/mol. The summed E-state index contributed by atoms with van der Waals surface area (Å²) in [5, 5.41) is 3.45. The molecule has 0 aliphatic carbocycles. The Balaban J connectivity index is 2.00. The van der Waals surface area contributed by atoms with E-state index in [1.807, 2.05) is 18.2 Å². The highest BCUT2D eigenvalue weighted by atomic mass is 19.1. The fourth-order valence-corrected chi connectivity index (χ4v) is 2.83. The summed E-state index contributed by atoms with van der Waals surface area (Å²) >= 11 is 0. The highest BCUT2D eigenvalue weighted by molar-refractivity contribution is 5.44. The number of methoxy groups -OCH3 is 2. The van der Waals surface area contributed by atoms with Gasteiger partial charge >= 0.3 is 0 Å². The Morgan fingerprint density at radius 3 is 2.67 bits per heavy atom. The lowest BCUT2D eigenvalue weighted by Crippen LogP contribution is -2.30. The molecule has 2 aromatic carbocycles. The summed E-state index contributed by atoms with van der Waals surface area (Å²) in [7, 11) is 3.14. The molecule has 1 atom stereocenters. The number of ether oxygens (including phenoxy) is 2. The Bertz CT molecular complexity index is 657. The van der Waals surface area contributed by atoms with E-state index in [-0.39, 0.29) is 17.6 Å². The van der Waals surface area contributed by atoms with Gasteiger partial charge in [0.05, 0.1) is 20.3 Å². The van der Waals surface area contributed by atoms with E-state index in [0.717, 1.165) is 24.3 Å². The molecule has 3 nitrogen and oxygen atoms in total. The molecule has 1 heterocycles. The molecule has 2 aromatic rings. The molecule has 0 saturated heterocycles. The van der Waals surface area contributed by atoms with Crippen molar-refractivity contribution in [2.75, 3.05) is 20.8 Å². The Morgan fingerprint density at radius 2 is 1.95 bits per heavy atom. The molecule has 21 heavy (non-hydrogen) atoms. The van der Waals surface area contributed by atoms with Gasteiger partial charge in [-0.3, -0.25) is 0 Å². The third-order valence-electron chi connectivity index (χ3n) is 3.91. The zero-order valence-corrected chi connectivity index (χ0v) is 12.2. The smallest absolute Gasteiger partial charge is 0.165 e. The zero-order valence-electron chi connectivity index (χ0n) is 12.2. The summed E-state index contributed by atoms with van der Waals surface area (Å²) in [6.45, 7) is 0.860. The van der Waals surface area contributed by atoms with Crippen LogP contribution in [0, 0.1) is 5.82 Å². The number of halogens is 1. The van der Waals surface area contributed by atoms with Gasteiger partial charge in [0, 0.05) is 6.54 Å². The number of hydrogen-bond acceptors (Lipinski definition) is 3. The Morgan fingerprint density at radius 1 is 1.10 bits per heavy atom. The molecular formula is C17H18FNO2. The van der Waals surface area contributed by atoms with Crippen LogP contribution in [0.5, 0.6) is 11.5 Å². The summed E-state index contributed by atoms with van der Waals surface area (Å²) in [4.78, 5) is 0. The molecule has 0 fully saturated rings. The van der Waals surface area contributed by atoms with Gasteiger partial charge in [0.25, 0.3) is 0 Å². The topological polar surface area (TPSA) is 30.5 Å². The summed E-state index contributed by atoms with van der Waals surface area (Å²) < 4.78 is 24.2. The van der Waals surface area contributed by atoms with E-state index < -0.39 is 0 Å². The third-order valence-corrected chi connectivity index (χ3v) is 3.91. The molecule has 0 amide bonds. The van der Waals surface area contributed by atoms with Gasteiger partial charge < -0.3 is 14.8 Å². The van der Waals surface area contributed by atoms with Gasteiger partial charge in [-0.05, 0) is 47.4 Å². The Kier molecular flexibility index (Phi) is 3.80. The van der Waals surface area contributed by atoms with Crippen LogP contribution >= 0.6 is 0 Å². The van der Waals surface area contributed by atoms with E-state index in [4.69, 9.17) is 9.47 Å². The van der Waals surface area contributed by atoms with Gasteiger partial charge in [-0.15, -0.1) is 0 Å². The maximum atomic E-state index is 13.9. The summed E-state index contributed by atoms with van der Waals surface area (Å²) in [6, 6.07) is 11.2. The molecule has 1 N–H and O–H groups in total. The molecule has 0 aromatic heterocycles. The second-order valence-corrected chi connectivity index (χ2v) is 5.10. The van der Waals surface area contributed by atoms with Gasteiger partial charge in [-0.2, -0.15) is 0 Å². The van der Waals surface area contributed by atoms with Crippen molar-refractivity contribution in [2.24, 2.45) is 0 Å². The number of hydrogen-bond donors (Lipinski definition) is 1. The first-order chi connectivity index (χ1) is 10.2.